The van der Waals surface area contributed by atoms with Gasteiger partial charge in [0.1, 0.15) is 11.3 Å². The molecule has 1 aromatic carbocycles. The average molecular weight is 358 g/mol. The van der Waals surface area contributed by atoms with Crippen LogP contribution < -0.4 is 15.4 Å². The molecule has 26 heavy (non-hydrogen) atoms. The SMILES string of the molecule is COc1nc(NC(=O)OC(C)(C)C)cnc1CNC(=O)c1ccccc1. The molecule has 0 bridgehead atoms. The summed E-state index contributed by atoms with van der Waals surface area (Å²) in [6, 6.07) is 8.83. The van der Waals surface area contributed by atoms with E-state index in [1.807, 2.05) is 6.07 Å². The van der Waals surface area contributed by atoms with Crippen molar-refractivity contribution in [2.24, 2.45) is 0 Å². The molecule has 138 valence electrons. The number of hydrogen-bond donors (Lipinski definition) is 2. The van der Waals surface area contributed by atoms with Crippen molar-refractivity contribution < 1.29 is 19.1 Å². The summed E-state index contributed by atoms with van der Waals surface area (Å²) in [6.07, 6.45) is 0.732. The second-order valence-electron chi connectivity index (χ2n) is 6.39. The highest BCUT2D eigenvalue weighted by molar-refractivity contribution is 5.94. The first-order chi connectivity index (χ1) is 12.3. The van der Waals surface area contributed by atoms with Crippen LogP contribution in [0.4, 0.5) is 10.6 Å². The van der Waals surface area contributed by atoms with E-state index in [1.54, 1.807) is 45.0 Å². The molecule has 0 atom stereocenters. The van der Waals surface area contributed by atoms with Gasteiger partial charge in [-0.25, -0.2) is 9.78 Å². The van der Waals surface area contributed by atoms with Gasteiger partial charge in [0.05, 0.1) is 19.9 Å². The first kappa shape index (κ1) is 19.2. The number of benzene rings is 1. The predicted molar refractivity (Wildman–Crippen MR) is 96.1 cm³/mol. The molecule has 2 N–H and O–H groups in total. The monoisotopic (exact) mass is 358 g/mol. The van der Waals surface area contributed by atoms with Gasteiger partial charge in [-0.2, -0.15) is 4.98 Å². The van der Waals surface area contributed by atoms with Crippen molar-refractivity contribution in [3.63, 3.8) is 0 Å². The van der Waals surface area contributed by atoms with Crippen LogP contribution in [0.1, 0.15) is 36.8 Å². The van der Waals surface area contributed by atoms with Crippen molar-refractivity contribution >= 4 is 17.8 Å². The fraction of sp³-hybridized carbons (Fsp3) is 0.333. The normalized spacial score (nSPS) is 10.8. The maximum absolute atomic E-state index is 12.1. The molecule has 0 aliphatic carbocycles. The van der Waals surface area contributed by atoms with Crippen LogP contribution >= 0.6 is 0 Å². The van der Waals surface area contributed by atoms with Crippen LogP contribution in [0.3, 0.4) is 0 Å². The fourth-order valence-corrected chi connectivity index (χ4v) is 2.01. The number of aromatic nitrogens is 2. The van der Waals surface area contributed by atoms with Crippen molar-refractivity contribution in [1.29, 1.82) is 0 Å². The minimum Gasteiger partial charge on any atom is -0.480 e. The van der Waals surface area contributed by atoms with E-state index in [0.717, 1.165) is 0 Å². The molecule has 2 rings (SSSR count). The molecular weight excluding hydrogens is 336 g/mol. The number of ether oxygens (including phenoxy) is 2. The van der Waals surface area contributed by atoms with E-state index in [0.29, 0.717) is 11.3 Å². The Morgan fingerprint density at radius 3 is 2.46 bits per heavy atom. The summed E-state index contributed by atoms with van der Waals surface area (Å²) < 4.78 is 10.3. The molecule has 0 saturated carbocycles. The maximum Gasteiger partial charge on any atom is 0.413 e. The number of rotatable bonds is 5. The first-order valence-corrected chi connectivity index (χ1v) is 8.01. The Morgan fingerprint density at radius 1 is 1.15 bits per heavy atom. The van der Waals surface area contributed by atoms with Gasteiger partial charge < -0.3 is 14.8 Å². The van der Waals surface area contributed by atoms with Gasteiger partial charge in [-0.15, -0.1) is 0 Å². The third-order valence-corrected chi connectivity index (χ3v) is 3.09. The number of methoxy groups -OCH3 is 1. The molecule has 8 nitrogen and oxygen atoms in total. The molecule has 0 aliphatic rings. The van der Waals surface area contributed by atoms with Gasteiger partial charge in [0, 0.05) is 5.56 Å². The lowest BCUT2D eigenvalue weighted by atomic mass is 10.2. The van der Waals surface area contributed by atoms with E-state index in [1.165, 1.54) is 13.3 Å². The van der Waals surface area contributed by atoms with E-state index < -0.39 is 11.7 Å². The van der Waals surface area contributed by atoms with Crippen molar-refractivity contribution in [3.05, 3.63) is 47.8 Å². The zero-order valence-electron chi connectivity index (χ0n) is 15.2. The quantitative estimate of drug-likeness (QED) is 0.852. The molecule has 2 aromatic rings. The summed E-state index contributed by atoms with van der Waals surface area (Å²) in [5, 5.41) is 5.24. The summed E-state index contributed by atoms with van der Waals surface area (Å²) in [4.78, 5) is 32.2. The van der Waals surface area contributed by atoms with E-state index in [2.05, 4.69) is 20.6 Å². The van der Waals surface area contributed by atoms with Crippen LogP contribution in [0.15, 0.2) is 36.5 Å². The zero-order valence-corrected chi connectivity index (χ0v) is 15.2. The Bertz CT molecular complexity index is 773. The van der Waals surface area contributed by atoms with Crippen LogP contribution in [0.25, 0.3) is 0 Å². The largest absolute Gasteiger partial charge is 0.480 e. The van der Waals surface area contributed by atoms with Crippen LogP contribution in [-0.4, -0.2) is 34.7 Å². The number of carbonyl (C=O) groups is 2. The number of amides is 2. The summed E-state index contributed by atoms with van der Waals surface area (Å²) in [7, 11) is 1.43. The summed E-state index contributed by atoms with van der Waals surface area (Å²) in [5.41, 5.74) is 0.359. The highest BCUT2D eigenvalue weighted by Crippen LogP contribution is 2.16. The third-order valence-electron chi connectivity index (χ3n) is 3.09. The van der Waals surface area contributed by atoms with Crippen LogP contribution in [-0.2, 0) is 11.3 Å². The van der Waals surface area contributed by atoms with Crippen LogP contribution in [0.2, 0.25) is 0 Å². The third kappa shape index (κ3) is 5.73. The van der Waals surface area contributed by atoms with Gasteiger partial charge in [-0.3, -0.25) is 10.1 Å². The van der Waals surface area contributed by atoms with Crippen LogP contribution in [0.5, 0.6) is 5.88 Å². The standard InChI is InChI=1S/C18H22N4O4/c1-18(2,3)26-17(24)22-14-11-19-13(16(21-14)25-4)10-20-15(23)12-8-6-5-7-9-12/h5-9,11H,10H2,1-4H3,(H,20,23)(H,21,22,24). The highest BCUT2D eigenvalue weighted by Gasteiger charge is 2.18. The van der Waals surface area contributed by atoms with E-state index in [-0.39, 0.29) is 24.1 Å². The van der Waals surface area contributed by atoms with Crippen molar-refractivity contribution in [2.45, 2.75) is 32.9 Å². The van der Waals surface area contributed by atoms with Gasteiger partial charge in [0.15, 0.2) is 5.82 Å². The smallest absolute Gasteiger partial charge is 0.413 e. The molecule has 1 aromatic heterocycles. The lowest BCUT2D eigenvalue weighted by Crippen LogP contribution is -2.27. The average Bonchev–Trinajstić information content (AvgIpc) is 2.59. The topological polar surface area (TPSA) is 102 Å². The minimum atomic E-state index is -0.640. The van der Waals surface area contributed by atoms with E-state index in [9.17, 15) is 9.59 Å². The number of anilines is 1. The molecule has 0 unspecified atom stereocenters. The van der Waals surface area contributed by atoms with Crippen LogP contribution in [0, 0.1) is 0 Å². The van der Waals surface area contributed by atoms with Crippen molar-refractivity contribution in [2.75, 3.05) is 12.4 Å². The molecule has 0 saturated heterocycles. The Hall–Kier alpha value is -3.16. The van der Waals surface area contributed by atoms with Crippen molar-refractivity contribution in [3.8, 4) is 5.88 Å². The molecule has 0 fully saturated rings. The number of carbonyl (C=O) groups excluding carboxylic acids is 2. The second-order valence-corrected chi connectivity index (χ2v) is 6.39. The van der Waals surface area contributed by atoms with Crippen molar-refractivity contribution in [1.82, 2.24) is 15.3 Å². The second kappa shape index (κ2) is 8.28. The highest BCUT2D eigenvalue weighted by atomic mass is 16.6. The molecule has 0 spiro atoms. The molecule has 0 aliphatic heterocycles. The minimum absolute atomic E-state index is 0.136. The number of nitrogens with zero attached hydrogens (tertiary/aromatic N) is 2. The van der Waals surface area contributed by atoms with E-state index in [4.69, 9.17) is 9.47 Å². The molecule has 1 heterocycles. The molecular formula is C18H22N4O4. The summed E-state index contributed by atoms with van der Waals surface area (Å²) in [5.74, 6) is 0.159. The maximum atomic E-state index is 12.1. The lowest BCUT2D eigenvalue weighted by molar-refractivity contribution is 0.0635. The zero-order chi connectivity index (χ0) is 19.2. The Kier molecular flexibility index (Phi) is 6.11. The predicted octanol–water partition coefficient (Wildman–Crippen LogP) is 2.76. The number of hydrogen-bond acceptors (Lipinski definition) is 6. The molecule has 8 heteroatoms. The Labute approximate surface area is 151 Å². The summed E-state index contributed by atoms with van der Waals surface area (Å²) >= 11 is 0. The Balaban J connectivity index is 2.02. The first-order valence-electron chi connectivity index (χ1n) is 8.01. The van der Waals surface area contributed by atoms with E-state index >= 15 is 0 Å². The Morgan fingerprint density at radius 2 is 1.85 bits per heavy atom. The fourth-order valence-electron chi connectivity index (χ4n) is 2.01. The van der Waals surface area contributed by atoms with Gasteiger partial charge in [-0.1, -0.05) is 18.2 Å². The summed E-state index contributed by atoms with van der Waals surface area (Å²) in [6.45, 7) is 5.42. The molecule has 2 amide bonds. The number of nitrogens with one attached hydrogen (secondary N) is 2. The van der Waals surface area contributed by atoms with Gasteiger partial charge >= 0.3 is 6.09 Å². The van der Waals surface area contributed by atoms with Gasteiger partial charge in [-0.05, 0) is 32.9 Å². The lowest BCUT2D eigenvalue weighted by Gasteiger charge is -2.19. The molecule has 0 radical (unpaired) electrons. The van der Waals surface area contributed by atoms with Gasteiger partial charge in [0.25, 0.3) is 5.91 Å². The van der Waals surface area contributed by atoms with Gasteiger partial charge in [0.2, 0.25) is 5.88 Å².